The Hall–Kier alpha value is -4.18. The molecule has 4 heteroatoms. The number of hydrogen-bond acceptors (Lipinski definition) is 4. The molecule has 4 nitrogen and oxygen atoms in total. The van der Waals surface area contributed by atoms with Crippen molar-refractivity contribution in [2.24, 2.45) is 0 Å². The van der Waals surface area contributed by atoms with Gasteiger partial charge in [-0.25, -0.2) is 9.59 Å². The Bertz CT molecular complexity index is 1300. The molecule has 0 aliphatic heterocycles. The molecule has 4 atom stereocenters. The first kappa shape index (κ1) is 24.2. The summed E-state index contributed by atoms with van der Waals surface area (Å²) in [5, 5.41) is 0. The van der Waals surface area contributed by atoms with Gasteiger partial charge in [-0.3, -0.25) is 0 Å². The van der Waals surface area contributed by atoms with E-state index in [9.17, 15) is 9.59 Å². The highest BCUT2D eigenvalue weighted by Crippen LogP contribution is 2.62. The van der Waals surface area contributed by atoms with Gasteiger partial charge in [0.2, 0.25) is 0 Å². The maximum Gasteiger partial charge on any atom is 0.338 e. The van der Waals surface area contributed by atoms with Crippen LogP contribution in [0.5, 0.6) is 0 Å². The first-order chi connectivity index (χ1) is 18.6. The Morgan fingerprint density at radius 3 is 1.24 bits per heavy atom. The molecule has 4 unspecified atom stereocenters. The van der Waals surface area contributed by atoms with Gasteiger partial charge in [-0.15, -0.1) is 0 Å². The first-order valence-electron chi connectivity index (χ1n) is 13.3. The van der Waals surface area contributed by atoms with Crippen LogP contribution in [0.4, 0.5) is 0 Å². The summed E-state index contributed by atoms with van der Waals surface area (Å²) in [6.45, 7) is 0. The van der Waals surface area contributed by atoms with Crippen molar-refractivity contribution in [3.63, 3.8) is 0 Å². The number of rotatable bonds is 6. The summed E-state index contributed by atoms with van der Waals surface area (Å²) < 4.78 is 12.9. The maximum atomic E-state index is 13.5. The average molecular weight is 503 g/mol. The van der Waals surface area contributed by atoms with Gasteiger partial charge in [-0.05, 0) is 54.7 Å². The van der Waals surface area contributed by atoms with Crippen LogP contribution in [0.3, 0.4) is 0 Å². The van der Waals surface area contributed by atoms with E-state index in [0.717, 1.165) is 36.8 Å². The fourth-order valence-electron chi connectivity index (χ4n) is 6.75. The number of benzene rings is 4. The number of ether oxygens (including phenoxy) is 2. The molecule has 0 radical (unpaired) electrons. The first-order valence-corrected chi connectivity index (χ1v) is 13.3. The highest BCUT2D eigenvalue weighted by molar-refractivity contribution is 5.90. The molecule has 0 saturated heterocycles. The molecule has 2 bridgehead atoms. The van der Waals surface area contributed by atoms with Crippen molar-refractivity contribution >= 4 is 11.9 Å². The molecule has 190 valence electrons. The molecule has 0 N–H and O–H groups in total. The summed E-state index contributed by atoms with van der Waals surface area (Å²) in [5.74, 6) is -0.801. The highest BCUT2D eigenvalue weighted by Gasteiger charge is 2.67. The largest absolute Gasteiger partial charge is 0.454 e. The van der Waals surface area contributed by atoms with Crippen LogP contribution in [0.2, 0.25) is 0 Å². The van der Waals surface area contributed by atoms with Gasteiger partial charge in [0.1, 0.15) is 12.2 Å². The van der Waals surface area contributed by atoms with Crippen molar-refractivity contribution in [2.75, 3.05) is 0 Å². The van der Waals surface area contributed by atoms with Crippen LogP contribution in [0.1, 0.15) is 57.5 Å². The lowest BCUT2D eigenvalue weighted by molar-refractivity contribution is -0.0510. The molecule has 2 saturated carbocycles. The molecular weight excluding hydrogens is 472 g/mol. The fourth-order valence-corrected chi connectivity index (χ4v) is 6.75. The van der Waals surface area contributed by atoms with Gasteiger partial charge in [0.25, 0.3) is 0 Å². The van der Waals surface area contributed by atoms with Crippen molar-refractivity contribution in [2.45, 2.75) is 48.7 Å². The van der Waals surface area contributed by atoms with Gasteiger partial charge in [0.15, 0.2) is 0 Å². The highest BCUT2D eigenvalue weighted by atomic mass is 16.6. The van der Waals surface area contributed by atoms with E-state index in [2.05, 4.69) is 24.3 Å². The maximum absolute atomic E-state index is 13.5. The molecule has 2 aliphatic rings. The second-order valence-electron chi connectivity index (χ2n) is 10.5. The second-order valence-corrected chi connectivity index (χ2v) is 10.5. The van der Waals surface area contributed by atoms with Crippen molar-refractivity contribution in [3.8, 4) is 0 Å². The fraction of sp³-hybridized carbons (Fsp3) is 0.235. The Balaban J connectivity index is 1.50. The Kier molecular flexibility index (Phi) is 6.32. The van der Waals surface area contributed by atoms with Gasteiger partial charge in [-0.1, -0.05) is 103 Å². The number of carbonyl (C=O) groups excluding carboxylic acids is 2. The zero-order valence-electron chi connectivity index (χ0n) is 21.2. The number of fused-ring (bicyclic) bond motifs is 2. The summed E-state index contributed by atoms with van der Waals surface area (Å²) >= 11 is 0. The van der Waals surface area contributed by atoms with Gasteiger partial charge in [0.05, 0.1) is 11.1 Å². The van der Waals surface area contributed by atoms with E-state index in [-0.39, 0.29) is 0 Å². The molecule has 4 aromatic carbocycles. The summed E-state index contributed by atoms with van der Waals surface area (Å²) in [7, 11) is 0. The van der Waals surface area contributed by atoms with Crippen LogP contribution < -0.4 is 0 Å². The minimum atomic E-state index is -0.645. The lowest BCUT2D eigenvalue weighted by atomic mass is 9.63. The molecule has 0 spiro atoms. The second kappa shape index (κ2) is 9.94. The number of carbonyl (C=O) groups is 2. The molecular formula is C34H30O4. The molecule has 2 aliphatic carbocycles. The lowest BCUT2D eigenvalue weighted by Crippen LogP contribution is -2.46. The van der Waals surface area contributed by atoms with E-state index >= 15 is 0 Å². The zero-order chi connectivity index (χ0) is 26.0. The van der Waals surface area contributed by atoms with Gasteiger partial charge < -0.3 is 9.47 Å². The van der Waals surface area contributed by atoms with E-state index in [4.69, 9.17) is 9.47 Å². The normalized spacial score (nSPS) is 25.9. The van der Waals surface area contributed by atoms with Gasteiger partial charge in [0, 0.05) is 10.8 Å². The Labute approximate surface area is 223 Å². The molecule has 4 aromatic rings. The van der Waals surface area contributed by atoms with Crippen LogP contribution in [-0.2, 0) is 20.3 Å². The van der Waals surface area contributed by atoms with Gasteiger partial charge >= 0.3 is 11.9 Å². The van der Waals surface area contributed by atoms with E-state index < -0.39 is 35.0 Å². The predicted molar refractivity (Wildman–Crippen MR) is 146 cm³/mol. The summed E-state index contributed by atoms with van der Waals surface area (Å²) in [6.07, 6.45) is 2.06. The summed E-state index contributed by atoms with van der Waals surface area (Å²) in [4.78, 5) is 27.1. The standard InChI is InChI=1S/C34H30O4/c35-31(25-14-5-1-6-15-25)37-29-30(38-32(36)26-16-7-2-8-17-26)34(28-20-11-4-12-21-28)23-13-22-33(29,24-34)27-18-9-3-10-19-27/h1-12,14-21,29-30H,13,22-24H2. The third-order valence-corrected chi connectivity index (χ3v) is 8.43. The Morgan fingerprint density at radius 1 is 0.526 bits per heavy atom. The smallest absolute Gasteiger partial charge is 0.338 e. The summed E-state index contributed by atoms with van der Waals surface area (Å²) in [5.41, 5.74) is 2.23. The zero-order valence-corrected chi connectivity index (χ0v) is 21.2. The predicted octanol–water partition coefficient (Wildman–Crippen LogP) is 6.90. The van der Waals surface area contributed by atoms with Crippen LogP contribution in [0, 0.1) is 0 Å². The van der Waals surface area contributed by atoms with E-state index in [1.165, 1.54) is 0 Å². The third kappa shape index (κ3) is 4.10. The Morgan fingerprint density at radius 2 is 0.868 bits per heavy atom. The average Bonchev–Trinajstić information content (AvgIpc) is 3.18. The molecule has 2 fully saturated rings. The van der Waals surface area contributed by atoms with Gasteiger partial charge in [-0.2, -0.15) is 0 Å². The van der Waals surface area contributed by atoms with E-state index in [1.807, 2.05) is 72.8 Å². The summed E-state index contributed by atoms with van der Waals surface area (Å²) in [6, 6.07) is 38.7. The van der Waals surface area contributed by atoms with Crippen LogP contribution >= 0.6 is 0 Å². The minimum absolute atomic E-state index is 0.401. The van der Waals surface area contributed by atoms with E-state index in [1.54, 1.807) is 24.3 Å². The van der Waals surface area contributed by atoms with Crippen molar-refractivity contribution in [1.29, 1.82) is 0 Å². The molecule has 0 aromatic heterocycles. The molecule has 38 heavy (non-hydrogen) atoms. The number of esters is 2. The molecule has 0 heterocycles. The minimum Gasteiger partial charge on any atom is -0.454 e. The van der Waals surface area contributed by atoms with Crippen molar-refractivity contribution in [3.05, 3.63) is 144 Å². The lowest BCUT2D eigenvalue weighted by Gasteiger charge is -2.40. The monoisotopic (exact) mass is 502 g/mol. The quantitative estimate of drug-likeness (QED) is 0.269. The molecule has 6 rings (SSSR count). The van der Waals surface area contributed by atoms with Crippen molar-refractivity contribution in [1.82, 2.24) is 0 Å². The van der Waals surface area contributed by atoms with E-state index in [0.29, 0.717) is 11.1 Å². The molecule has 0 amide bonds. The van der Waals surface area contributed by atoms with Crippen LogP contribution in [0.25, 0.3) is 0 Å². The number of hydrogen-bond donors (Lipinski definition) is 0. The van der Waals surface area contributed by atoms with Crippen LogP contribution in [0.15, 0.2) is 121 Å². The topological polar surface area (TPSA) is 52.6 Å². The SMILES string of the molecule is O=C(OC1C(OC(=O)c2ccccc2)C2(c3ccccc3)CCCC1(c1ccccc1)C2)c1ccccc1. The third-order valence-electron chi connectivity index (χ3n) is 8.43. The van der Waals surface area contributed by atoms with Crippen molar-refractivity contribution < 1.29 is 19.1 Å². The van der Waals surface area contributed by atoms with Crippen LogP contribution in [-0.4, -0.2) is 24.1 Å².